The third-order valence-corrected chi connectivity index (χ3v) is 3.79. The molecule has 25 heavy (non-hydrogen) atoms. The van der Waals surface area contributed by atoms with E-state index in [9.17, 15) is 19.2 Å². The molecule has 8 heteroatoms. The predicted octanol–water partition coefficient (Wildman–Crippen LogP) is 1.31. The first-order valence-electron chi connectivity index (χ1n) is 7.54. The lowest BCUT2D eigenvalue weighted by atomic mass is 10.1. The number of nitrogens with one attached hydrogen (secondary N) is 1. The normalized spacial score (nSPS) is 10.6. The van der Waals surface area contributed by atoms with Crippen LogP contribution in [0, 0.1) is 20.8 Å². The number of carbonyl (C=O) groups excluding carboxylic acids is 3. The summed E-state index contributed by atoms with van der Waals surface area (Å²) in [5.74, 6) is -1.69. The van der Waals surface area contributed by atoms with Gasteiger partial charge in [0.1, 0.15) is 17.9 Å². The van der Waals surface area contributed by atoms with Crippen molar-refractivity contribution in [2.75, 3.05) is 5.32 Å². The molecule has 2 heterocycles. The number of primary amides is 1. The summed E-state index contributed by atoms with van der Waals surface area (Å²) < 4.78 is 6.98. The van der Waals surface area contributed by atoms with Crippen LogP contribution in [-0.4, -0.2) is 22.2 Å². The minimum atomic E-state index is -0.868. The van der Waals surface area contributed by atoms with Crippen molar-refractivity contribution < 1.29 is 18.8 Å². The quantitative estimate of drug-likeness (QED) is 0.791. The summed E-state index contributed by atoms with van der Waals surface area (Å²) in [6, 6.07) is 2.83. The zero-order valence-corrected chi connectivity index (χ0v) is 14.4. The van der Waals surface area contributed by atoms with E-state index >= 15 is 0 Å². The minimum absolute atomic E-state index is 0.0542. The fraction of sp³-hybridized carbons (Fsp3) is 0.294. The van der Waals surface area contributed by atoms with Crippen molar-refractivity contribution in [1.29, 1.82) is 0 Å². The van der Waals surface area contributed by atoms with Crippen molar-refractivity contribution in [1.82, 2.24) is 4.57 Å². The third kappa shape index (κ3) is 3.68. The number of Topliss-reactive ketones (excluding diaryl/α,β-unsaturated/α-hetero) is 1. The molecule has 0 atom stereocenters. The van der Waals surface area contributed by atoms with Gasteiger partial charge in [0.05, 0.1) is 5.56 Å². The molecule has 2 amide bonds. The standard InChI is InChI=1S/C17H19N3O5/c1-8-5-12(22)6-9(2)20(8)7-13(23)19-17-15(16(18)24)14(10(3)21)11(4)25-17/h5-6H,7H2,1-4H3,(H2,18,24)(H,19,23). The van der Waals surface area contributed by atoms with Gasteiger partial charge in [-0.3, -0.25) is 24.5 Å². The Hall–Kier alpha value is -3.16. The Kier molecular flexibility index (Phi) is 4.92. The minimum Gasteiger partial charge on any atom is -0.444 e. The second kappa shape index (κ2) is 6.76. The fourth-order valence-corrected chi connectivity index (χ4v) is 2.74. The number of pyridine rings is 1. The molecule has 0 fully saturated rings. The van der Waals surface area contributed by atoms with Crippen molar-refractivity contribution in [2.45, 2.75) is 34.2 Å². The summed E-state index contributed by atoms with van der Waals surface area (Å²) in [5, 5.41) is 2.47. The summed E-state index contributed by atoms with van der Waals surface area (Å²) >= 11 is 0. The fourth-order valence-electron chi connectivity index (χ4n) is 2.74. The zero-order valence-electron chi connectivity index (χ0n) is 14.4. The smallest absolute Gasteiger partial charge is 0.255 e. The maximum Gasteiger partial charge on any atom is 0.255 e. The summed E-state index contributed by atoms with van der Waals surface area (Å²) in [4.78, 5) is 47.1. The number of ketones is 1. The van der Waals surface area contributed by atoms with Crippen LogP contribution >= 0.6 is 0 Å². The van der Waals surface area contributed by atoms with E-state index in [-0.39, 0.29) is 40.5 Å². The van der Waals surface area contributed by atoms with Gasteiger partial charge < -0.3 is 14.7 Å². The highest BCUT2D eigenvalue weighted by molar-refractivity contribution is 6.11. The zero-order chi connectivity index (χ0) is 18.9. The Morgan fingerprint density at radius 3 is 2.16 bits per heavy atom. The highest BCUT2D eigenvalue weighted by Gasteiger charge is 2.26. The second-order valence-corrected chi connectivity index (χ2v) is 5.77. The molecule has 0 radical (unpaired) electrons. The summed E-state index contributed by atoms with van der Waals surface area (Å²) in [6.07, 6.45) is 0. The van der Waals surface area contributed by atoms with Gasteiger partial charge in [0.25, 0.3) is 5.91 Å². The first-order chi connectivity index (χ1) is 11.6. The maximum absolute atomic E-state index is 12.3. The Morgan fingerprint density at radius 2 is 1.68 bits per heavy atom. The number of nitrogens with two attached hydrogens (primary N) is 1. The number of hydrogen-bond acceptors (Lipinski definition) is 5. The van der Waals surface area contributed by atoms with Crippen LogP contribution in [0.25, 0.3) is 0 Å². The van der Waals surface area contributed by atoms with Gasteiger partial charge in [-0.2, -0.15) is 0 Å². The molecule has 0 aliphatic heterocycles. The number of rotatable bonds is 5. The molecule has 0 aliphatic carbocycles. The summed E-state index contributed by atoms with van der Waals surface area (Å²) in [7, 11) is 0. The van der Waals surface area contributed by atoms with E-state index in [1.807, 2.05) is 0 Å². The van der Waals surface area contributed by atoms with Gasteiger partial charge in [-0.15, -0.1) is 0 Å². The molecule has 2 aromatic heterocycles. The Morgan fingerprint density at radius 1 is 1.12 bits per heavy atom. The number of furan rings is 1. The Balaban J connectivity index is 2.33. The molecule has 132 valence electrons. The van der Waals surface area contributed by atoms with Crippen LogP contribution in [0.1, 0.15) is 44.8 Å². The molecule has 0 spiro atoms. The molecule has 2 rings (SSSR count). The number of amides is 2. The van der Waals surface area contributed by atoms with E-state index in [0.717, 1.165) is 0 Å². The second-order valence-electron chi connectivity index (χ2n) is 5.77. The molecule has 0 saturated carbocycles. The van der Waals surface area contributed by atoms with Gasteiger partial charge >= 0.3 is 0 Å². The van der Waals surface area contributed by atoms with Crippen LogP contribution in [-0.2, 0) is 11.3 Å². The lowest BCUT2D eigenvalue weighted by molar-refractivity contribution is -0.116. The average molecular weight is 345 g/mol. The topological polar surface area (TPSA) is 124 Å². The first kappa shape index (κ1) is 18.2. The Bertz CT molecular complexity index is 910. The van der Waals surface area contributed by atoms with Gasteiger partial charge in [0, 0.05) is 23.5 Å². The molecule has 3 N–H and O–H groups in total. The van der Waals surface area contributed by atoms with Crippen LogP contribution in [0.15, 0.2) is 21.3 Å². The van der Waals surface area contributed by atoms with Crippen molar-refractivity contribution in [3.05, 3.63) is 50.6 Å². The number of aromatic nitrogens is 1. The Labute approximate surface area is 143 Å². The SMILES string of the molecule is CC(=O)c1c(C)oc(NC(=O)Cn2c(C)cc(=O)cc2C)c1C(N)=O. The van der Waals surface area contributed by atoms with E-state index in [1.54, 1.807) is 18.4 Å². The first-order valence-corrected chi connectivity index (χ1v) is 7.54. The largest absolute Gasteiger partial charge is 0.444 e. The monoisotopic (exact) mass is 345 g/mol. The van der Waals surface area contributed by atoms with E-state index < -0.39 is 11.8 Å². The number of hydrogen-bond donors (Lipinski definition) is 2. The van der Waals surface area contributed by atoms with Gasteiger partial charge in [0.15, 0.2) is 11.2 Å². The lowest BCUT2D eigenvalue weighted by Gasteiger charge is -2.13. The molecule has 0 bridgehead atoms. The highest BCUT2D eigenvalue weighted by atomic mass is 16.4. The number of nitrogens with zero attached hydrogens (tertiary/aromatic N) is 1. The van der Waals surface area contributed by atoms with Gasteiger partial charge in [-0.25, -0.2) is 0 Å². The number of aryl methyl sites for hydroxylation is 3. The molecule has 0 saturated heterocycles. The molecular weight excluding hydrogens is 326 g/mol. The van der Waals surface area contributed by atoms with Crippen molar-refractivity contribution >= 4 is 23.5 Å². The molecule has 0 unspecified atom stereocenters. The van der Waals surface area contributed by atoms with Crippen LogP contribution < -0.4 is 16.5 Å². The summed E-state index contributed by atoms with van der Waals surface area (Å²) in [6.45, 7) is 6.12. The van der Waals surface area contributed by atoms with E-state index in [2.05, 4.69) is 5.32 Å². The molecule has 2 aromatic rings. The van der Waals surface area contributed by atoms with E-state index in [1.165, 1.54) is 26.0 Å². The van der Waals surface area contributed by atoms with Crippen LogP contribution in [0.5, 0.6) is 0 Å². The predicted molar refractivity (Wildman–Crippen MR) is 90.8 cm³/mol. The lowest BCUT2D eigenvalue weighted by Crippen LogP contribution is -2.24. The highest BCUT2D eigenvalue weighted by Crippen LogP contribution is 2.27. The molecular formula is C17H19N3O5. The van der Waals surface area contributed by atoms with Crippen LogP contribution in [0.4, 0.5) is 5.88 Å². The maximum atomic E-state index is 12.3. The van der Waals surface area contributed by atoms with E-state index in [4.69, 9.17) is 10.2 Å². The number of anilines is 1. The van der Waals surface area contributed by atoms with Crippen LogP contribution in [0.2, 0.25) is 0 Å². The van der Waals surface area contributed by atoms with Crippen molar-refractivity contribution in [2.24, 2.45) is 5.73 Å². The van der Waals surface area contributed by atoms with Gasteiger partial charge in [0.2, 0.25) is 11.8 Å². The van der Waals surface area contributed by atoms with Gasteiger partial charge in [-0.1, -0.05) is 0 Å². The van der Waals surface area contributed by atoms with Gasteiger partial charge in [-0.05, 0) is 27.7 Å². The average Bonchev–Trinajstić information content (AvgIpc) is 2.79. The molecule has 0 aliphatic rings. The van der Waals surface area contributed by atoms with Crippen molar-refractivity contribution in [3.63, 3.8) is 0 Å². The van der Waals surface area contributed by atoms with Crippen LogP contribution in [0.3, 0.4) is 0 Å². The third-order valence-electron chi connectivity index (χ3n) is 3.79. The number of carbonyl (C=O) groups is 3. The molecule has 8 nitrogen and oxygen atoms in total. The summed E-state index contributed by atoms with van der Waals surface area (Å²) in [5.41, 5.74) is 6.32. The van der Waals surface area contributed by atoms with E-state index in [0.29, 0.717) is 11.4 Å². The molecule has 0 aromatic carbocycles. The van der Waals surface area contributed by atoms with Crippen molar-refractivity contribution in [3.8, 4) is 0 Å².